The van der Waals surface area contributed by atoms with Crippen molar-refractivity contribution in [2.24, 2.45) is 11.8 Å². The average molecular weight is 365 g/mol. The predicted molar refractivity (Wildman–Crippen MR) is 97.7 cm³/mol. The zero-order chi connectivity index (χ0) is 18.0. The fourth-order valence-corrected chi connectivity index (χ4v) is 5.60. The molecule has 0 radical (unpaired) electrons. The lowest BCUT2D eigenvalue weighted by Crippen LogP contribution is -2.39. The Morgan fingerprint density at radius 1 is 1.04 bits per heavy atom. The largest absolute Gasteiger partial charge is 0.343 e. The number of benzene rings is 1. The van der Waals surface area contributed by atoms with Gasteiger partial charge in [-0.3, -0.25) is 4.79 Å². The minimum Gasteiger partial charge on any atom is -0.343 e. The summed E-state index contributed by atoms with van der Waals surface area (Å²) in [5.74, 6) is 1.08. The van der Waals surface area contributed by atoms with Crippen LogP contribution < -0.4 is 0 Å². The van der Waals surface area contributed by atoms with E-state index in [4.69, 9.17) is 0 Å². The molecule has 2 heterocycles. The number of rotatable bonds is 4. The molecule has 2 aliphatic rings. The fraction of sp³-hybridized carbons (Fsp3) is 0.632. The molecular formula is C19H28N2O3S. The van der Waals surface area contributed by atoms with Crippen LogP contribution >= 0.6 is 0 Å². The van der Waals surface area contributed by atoms with Gasteiger partial charge in [0.05, 0.1) is 4.90 Å². The highest BCUT2D eigenvalue weighted by molar-refractivity contribution is 7.89. The van der Waals surface area contributed by atoms with Gasteiger partial charge in [0.25, 0.3) is 0 Å². The first kappa shape index (κ1) is 18.4. The molecule has 2 saturated heterocycles. The van der Waals surface area contributed by atoms with Crippen LogP contribution in [-0.4, -0.2) is 49.7 Å². The van der Waals surface area contributed by atoms with Crippen molar-refractivity contribution in [1.82, 2.24) is 9.21 Å². The Morgan fingerprint density at radius 3 is 2.20 bits per heavy atom. The highest BCUT2D eigenvalue weighted by Gasteiger charge is 2.37. The smallest absolute Gasteiger partial charge is 0.243 e. The van der Waals surface area contributed by atoms with E-state index in [-0.39, 0.29) is 5.91 Å². The first-order valence-corrected chi connectivity index (χ1v) is 10.7. The summed E-state index contributed by atoms with van der Waals surface area (Å²) in [5, 5.41) is 0. The van der Waals surface area contributed by atoms with Gasteiger partial charge in [-0.05, 0) is 55.2 Å². The highest BCUT2D eigenvalue weighted by Crippen LogP contribution is 2.34. The third kappa shape index (κ3) is 3.90. The number of hydrogen-bond donors (Lipinski definition) is 0. The van der Waals surface area contributed by atoms with Crippen LogP contribution in [0.4, 0.5) is 0 Å². The molecule has 1 atom stereocenters. The number of carbonyl (C=O) groups excluding carboxylic acids is 1. The number of amides is 1. The van der Waals surface area contributed by atoms with E-state index in [1.807, 2.05) is 17.0 Å². The predicted octanol–water partition coefficient (Wildman–Crippen LogP) is 2.52. The quantitative estimate of drug-likeness (QED) is 0.825. The molecule has 1 unspecified atom stereocenters. The lowest BCUT2D eigenvalue weighted by atomic mass is 9.84. The average Bonchev–Trinajstić information content (AvgIpc) is 3.13. The van der Waals surface area contributed by atoms with E-state index in [1.165, 1.54) is 0 Å². The van der Waals surface area contributed by atoms with E-state index in [1.54, 1.807) is 23.4 Å². The van der Waals surface area contributed by atoms with Crippen molar-refractivity contribution in [1.29, 1.82) is 0 Å². The summed E-state index contributed by atoms with van der Waals surface area (Å²) >= 11 is 0. The molecule has 0 bridgehead atoms. The van der Waals surface area contributed by atoms with Crippen molar-refractivity contribution in [3.8, 4) is 0 Å². The van der Waals surface area contributed by atoms with Crippen LogP contribution in [0.2, 0.25) is 0 Å². The van der Waals surface area contributed by atoms with Crippen molar-refractivity contribution in [2.75, 3.05) is 26.2 Å². The number of hydrogen-bond acceptors (Lipinski definition) is 3. The molecule has 1 aromatic rings. The summed E-state index contributed by atoms with van der Waals surface area (Å²) < 4.78 is 27.4. The summed E-state index contributed by atoms with van der Waals surface area (Å²) in [4.78, 5) is 13.7. The summed E-state index contributed by atoms with van der Waals surface area (Å²) in [6, 6.07) is 7.26. The zero-order valence-electron chi connectivity index (χ0n) is 15.1. The van der Waals surface area contributed by atoms with Gasteiger partial charge in [0.1, 0.15) is 0 Å². The van der Waals surface area contributed by atoms with Crippen LogP contribution in [0, 0.1) is 11.8 Å². The van der Waals surface area contributed by atoms with Crippen molar-refractivity contribution in [3.63, 3.8) is 0 Å². The van der Waals surface area contributed by atoms with Gasteiger partial charge in [-0.25, -0.2) is 8.42 Å². The van der Waals surface area contributed by atoms with Crippen molar-refractivity contribution in [2.45, 2.75) is 44.4 Å². The number of nitrogens with zero attached hydrogens (tertiary/aromatic N) is 2. The van der Waals surface area contributed by atoms with E-state index in [0.29, 0.717) is 29.8 Å². The maximum absolute atomic E-state index is 12.9. The maximum atomic E-state index is 12.9. The standard InChI is InChI=1S/C19H28N2O3S/c1-3-16-4-6-19(7-5-16)25(23,24)21-13-10-18(14-21)17-8-11-20(12-9-17)15(2)22/h4-7,17-18H,3,8-14H2,1-2H3. The Hall–Kier alpha value is -1.40. The van der Waals surface area contributed by atoms with Gasteiger partial charge in [-0.2, -0.15) is 4.31 Å². The molecule has 0 spiro atoms. The van der Waals surface area contributed by atoms with Gasteiger partial charge in [0.15, 0.2) is 0 Å². The monoisotopic (exact) mass is 364 g/mol. The SMILES string of the molecule is CCc1ccc(S(=O)(=O)N2CCC(C3CCN(C(C)=O)CC3)C2)cc1. The Kier molecular flexibility index (Phi) is 5.49. The Balaban J connectivity index is 1.63. The molecule has 2 fully saturated rings. The number of sulfonamides is 1. The summed E-state index contributed by atoms with van der Waals surface area (Å²) in [5.41, 5.74) is 1.15. The molecular weight excluding hydrogens is 336 g/mol. The summed E-state index contributed by atoms with van der Waals surface area (Å²) in [7, 11) is -3.39. The van der Waals surface area contributed by atoms with E-state index < -0.39 is 10.0 Å². The lowest BCUT2D eigenvalue weighted by molar-refractivity contribution is -0.130. The number of piperidine rings is 1. The topological polar surface area (TPSA) is 57.7 Å². The molecule has 25 heavy (non-hydrogen) atoms. The first-order chi connectivity index (χ1) is 11.9. The van der Waals surface area contributed by atoms with Crippen LogP contribution in [0.15, 0.2) is 29.2 Å². The molecule has 3 rings (SSSR count). The van der Waals surface area contributed by atoms with Crippen molar-refractivity contribution < 1.29 is 13.2 Å². The Labute approximate surface area is 151 Å². The normalized spacial score (nSPS) is 23.1. The fourth-order valence-electron chi connectivity index (χ4n) is 4.09. The van der Waals surface area contributed by atoms with Crippen LogP contribution in [0.1, 0.15) is 38.7 Å². The van der Waals surface area contributed by atoms with Gasteiger partial charge >= 0.3 is 0 Å². The molecule has 1 amide bonds. The number of aryl methyl sites for hydroxylation is 1. The highest BCUT2D eigenvalue weighted by atomic mass is 32.2. The molecule has 0 aromatic heterocycles. The van der Waals surface area contributed by atoms with Crippen molar-refractivity contribution >= 4 is 15.9 Å². The van der Waals surface area contributed by atoms with Crippen molar-refractivity contribution in [3.05, 3.63) is 29.8 Å². The Bertz CT molecular complexity index is 707. The van der Waals surface area contributed by atoms with Gasteiger partial charge in [-0.15, -0.1) is 0 Å². The number of carbonyl (C=O) groups is 1. The molecule has 5 nitrogen and oxygen atoms in total. The van der Waals surface area contributed by atoms with Gasteiger partial charge in [-0.1, -0.05) is 19.1 Å². The lowest BCUT2D eigenvalue weighted by Gasteiger charge is -2.34. The third-order valence-electron chi connectivity index (χ3n) is 5.81. The minimum absolute atomic E-state index is 0.143. The van der Waals surface area contributed by atoms with Gasteiger partial charge in [0, 0.05) is 33.1 Å². The second-order valence-electron chi connectivity index (χ2n) is 7.25. The first-order valence-electron chi connectivity index (χ1n) is 9.26. The molecule has 2 aliphatic heterocycles. The van der Waals surface area contributed by atoms with Crippen LogP contribution in [0.5, 0.6) is 0 Å². The molecule has 1 aromatic carbocycles. The second kappa shape index (κ2) is 7.46. The number of likely N-dealkylation sites (tertiary alicyclic amines) is 1. The summed E-state index contributed by atoms with van der Waals surface area (Å²) in [6.45, 7) is 6.52. The molecule has 0 saturated carbocycles. The van der Waals surface area contributed by atoms with E-state index in [2.05, 4.69) is 6.92 Å². The van der Waals surface area contributed by atoms with Crippen LogP contribution in [-0.2, 0) is 21.2 Å². The second-order valence-corrected chi connectivity index (χ2v) is 9.19. The molecule has 0 N–H and O–H groups in total. The van der Waals surface area contributed by atoms with Crippen LogP contribution in [0.25, 0.3) is 0 Å². The summed E-state index contributed by atoms with van der Waals surface area (Å²) in [6.07, 6.45) is 3.81. The Morgan fingerprint density at radius 2 is 1.64 bits per heavy atom. The zero-order valence-corrected chi connectivity index (χ0v) is 16.0. The third-order valence-corrected chi connectivity index (χ3v) is 7.69. The van der Waals surface area contributed by atoms with E-state index in [0.717, 1.165) is 44.3 Å². The van der Waals surface area contributed by atoms with Crippen LogP contribution in [0.3, 0.4) is 0 Å². The molecule has 138 valence electrons. The maximum Gasteiger partial charge on any atom is 0.243 e. The molecule has 6 heteroatoms. The van der Waals surface area contributed by atoms with E-state index in [9.17, 15) is 13.2 Å². The molecule has 0 aliphatic carbocycles. The van der Waals surface area contributed by atoms with Gasteiger partial charge in [0.2, 0.25) is 15.9 Å². The minimum atomic E-state index is -3.39. The van der Waals surface area contributed by atoms with Gasteiger partial charge < -0.3 is 4.90 Å². The van der Waals surface area contributed by atoms with E-state index >= 15 is 0 Å².